The van der Waals surface area contributed by atoms with Crippen molar-refractivity contribution in [3.63, 3.8) is 0 Å². The number of amides is 2. The fourth-order valence-electron chi connectivity index (χ4n) is 4.14. The van der Waals surface area contributed by atoms with E-state index >= 15 is 0 Å². The second kappa shape index (κ2) is 9.24. The maximum Gasteiger partial charge on any atom is 0.229 e. The monoisotopic (exact) mass is 400 g/mol. The highest BCUT2D eigenvalue weighted by molar-refractivity contribution is 5.98. The van der Waals surface area contributed by atoms with Gasteiger partial charge in [-0.2, -0.15) is 10.5 Å². The number of benzene rings is 2. The van der Waals surface area contributed by atoms with E-state index in [9.17, 15) is 20.1 Å². The van der Waals surface area contributed by atoms with Crippen molar-refractivity contribution in [3.05, 3.63) is 59.7 Å². The molecule has 0 heterocycles. The first-order valence-corrected chi connectivity index (χ1v) is 10.0. The van der Waals surface area contributed by atoms with Gasteiger partial charge in [-0.1, -0.05) is 30.7 Å². The molecule has 0 spiro atoms. The van der Waals surface area contributed by atoms with Gasteiger partial charge in [0.15, 0.2) is 0 Å². The summed E-state index contributed by atoms with van der Waals surface area (Å²) in [5.74, 6) is -0.696. The molecule has 30 heavy (non-hydrogen) atoms. The van der Waals surface area contributed by atoms with Crippen LogP contribution in [0.15, 0.2) is 48.5 Å². The van der Waals surface area contributed by atoms with Crippen LogP contribution in [0, 0.1) is 34.5 Å². The molecule has 0 bridgehead atoms. The first kappa shape index (κ1) is 21.1. The number of nitrogens with zero attached hydrogens (tertiary/aromatic N) is 4. The smallest absolute Gasteiger partial charge is 0.229 e. The fraction of sp³-hybridized carbons (Fsp3) is 0.333. The highest BCUT2D eigenvalue weighted by Gasteiger charge is 2.35. The zero-order valence-electron chi connectivity index (χ0n) is 17.2. The summed E-state index contributed by atoms with van der Waals surface area (Å²) in [6.07, 6.45) is 2.70. The largest absolute Gasteiger partial charge is 0.314 e. The van der Waals surface area contributed by atoms with Gasteiger partial charge in [0.05, 0.1) is 22.5 Å². The molecule has 0 radical (unpaired) electrons. The zero-order chi connectivity index (χ0) is 21.7. The van der Waals surface area contributed by atoms with E-state index in [4.69, 9.17) is 0 Å². The van der Waals surface area contributed by atoms with Crippen molar-refractivity contribution in [3.8, 4) is 12.1 Å². The molecule has 0 aliphatic heterocycles. The lowest BCUT2D eigenvalue weighted by molar-refractivity contribution is -0.127. The Labute approximate surface area is 176 Å². The molecule has 3 rings (SSSR count). The number of hydrogen-bond donors (Lipinski definition) is 0. The molecular weight excluding hydrogens is 376 g/mol. The lowest BCUT2D eigenvalue weighted by atomic mass is 9.80. The van der Waals surface area contributed by atoms with Gasteiger partial charge in [-0.05, 0) is 43.5 Å². The fourth-order valence-corrected chi connectivity index (χ4v) is 4.14. The number of nitriles is 2. The van der Waals surface area contributed by atoms with Crippen LogP contribution in [0.4, 0.5) is 11.4 Å². The maximum absolute atomic E-state index is 13.1. The van der Waals surface area contributed by atoms with E-state index in [0.717, 1.165) is 19.3 Å². The van der Waals surface area contributed by atoms with E-state index in [2.05, 4.69) is 12.1 Å². The van der Waals surface area contributed by atoms with Gasteiger partial charge in [0.1, 0.15) is 12.1 Å². The summed E-state index contributed by atoms with van der Waals surface area (Å²) in [6, 6.07) is 18.3. The Morgan fingerprint density at radius 2 is 1.20 bits per heavy atom. The Balaban J connectivity index is 1.75. The van der Waals surface area contributed by atoms with Crippen molar-refractivity contribution in [1.82, 2.24) is 0 Å². The summed E-state index contributed by atoms with van der Waals surface area (Å²) >= 11 is 0. The summed E-state index contributed by atoms with van der Waals surface area (Å²) in [5.41, 5.74) is 2.06. The molecule has 0 saturated heterocycles. The van der Waals surface area contributed by atoms with E-state index in [0.29, 0.717) is 28.9 Å². The molecule has 1 fully saturated rings. The second-order valence-corrected chi connectivity index (χ2v) is 7.61. The Hall–Kier alpha value is -3.64. The summed E-state index contributed by atoms with van der Waals surface area (Å²) < 4.78 is 0. The minimum Gasteiger partial charge on any atom is -0.314 e. The summed E-state index contributed by atoms with van der Waals surface area (Å²) in [4.78, 5) is 29.3. The van der Waals surface area contributed by atoms with Gasteiger partial charge in [0.2, 0.25) is 11.8 Å². The number of carbonyl (C=O) groups is 2. The van der Waals surface area contributed by atoms with Crippen LogP contribution in [0.2, 0.25) is 0 Å². The Morgan fingerprint density at radius 1 is 0.800 bits per heavy atom. The molecule has 0 aromatic heterocycles. The number of para-hydroxylation sites is 2. The van der Waals surface area contributed by atoms with E-state index in [1.807, 2.05) is 0 Å². The Kier molecular flexibility index (Phi) is 6.49. The topological polar surface area (TPSA) is 88.2 Å². The minimum atomic E-state index is -0.274. The number of hydrogen-bond acceptors (Lipinski definition) is 4. The molecule has 2 amide bonds. The highest BCUT2D eigenvalue weighted by atomic mass is 16.2. The van der Waals surface area contributed by atoms with Crippen LogP contribution in [-0.2, 0) is 9.59 Å². The molecule has 6 heteroatoms. The lowest BCUT2D eigenvalue weighted by Crippen LogP contribution is -2.40. The van der Waals surface area contributed by atoms with Crippen LogP contribution in [0.25, 0.3) is 0 Å². The molecule has 2 aromatic rings. The normalized spacial score (nSPS) is 18.0. The van der Waals surface area contributed by atoms with Crippen LogP contribution in [0.3, 0.4) is 0 Å². The molecule has 0 N–H and O–H groups in total. The van der Waals surface area contributed by atoms with Gasteiger partial charge < -0.3 is 9.80 Å². The van der Waals surface area contributed by atoms with Crippen LogP contribution >= 0.6 is 0 Å². The van der Waals surface area contributed by atoms with Crippen LogP contribution in [0.1, 0.15) is 36.8 Å². The first-order chi connectivity index (χ1) is 14.5. The standard InChI is InChI=1S/C24H24N4O2/c1-27(21-12-5-3-8-19(21)15-25)23(29)17-10-7-11-18(14-17)24(30)28(2)22-13-6-4-9-20(22)16-26/h3-6,8-9,12-13,17-18H,7,10-11,14H2,1-2H3. The van der Waals surface area contributed by atoms with Crippen molar-refractivity contribution >= 4 is 23.2 Å². The SMILES string of the molecule is CN(C(=O)C1CCCC(C(=O)N(C)c2ccccc2C#N)C1)c1ccccc1C#N. The number of carbonyl (C=O) groups excluding carboxylic acids is 2. The van der Waals surface area contributed by atoms with E-state index in [1.165, 1.54) is 9.80 Å². The first-order valence-electron chi connectivity index (χ1n) is 10.0. The van der Waals surface area contributed by atoms with E-state index < -0.39 is 0 Å². The Bertz CT molecular complexity index is 952. The Morgan fingerprint density at radius 3 is 1.60 bits per heavy atom. The zero-order valence-corrected chi connectivity index (χ0v) is 17.2. The summed E-state index contributed by atoms with van der Waals surface area (Å²) in [6.45, 7) is 0. The molecule has 2 unspecified atom stereocenters. The van der Waals surface area contributed by atoms with Crippen molar-refractivity contribution in [2.45, 2.75) is 25.7 Å². The van der Waals surface area contributed by atoms with Crippen LogP contribution < -0.4 is 9.80 Å². The third-order valence-electron chi connectivity index (χ3n) is 5.81. The highest BCUT2D eigenvalue weighted by Crippen LogP contribution is 2.34. The molecule has 152 valence electrons. The predicted molar refractivity (Wildman–Crippen MR) is 115 cm³/mol. The number of rotatable bonds is 4. The molecular formula is C24H24N4O2. The minimum absolute atomic E-state index is 0.0738. The van der Waals surface area contributed by atoms with Gasteiger partial charge in [-0.25, -0.2) is 0 Å². The van der Waals surface area contributed by atoms with Crippen molar-refractivity contribution in [2.75, 3.05) is 23.9 Å². The maximum atomic E-state index is 13.1. The van der Waals surface area contributed by atoms with Gasteiger partial charge in [-0.3, -0.25) is 9.59 Å². The van der Waals surface area contributed by atoms with E-state index in [1.54, 1.807) is 62.6 Å². The van der Waals surface area contributed by atoms with Gasteiger partial charge in [0.25, 0.3) is 0 Å². The lowest BCUT2D eigenvalue weighted by Gasteiger charge is -2.33. The van der Waals surface area contributed by atoms with E-state index in [-0.39, 0.29) is 23.7 Å². The molecule has 2 atom stereocenters. The van der Waals surface area contributed by atoms with Crippen LogP contribution in [0.5, 0.6) is 0 Å². The third kappa shape index (κ3) is 4.18. The predicted octanol–water partition coefficient (Wildman–Crippen LogP) is 3.86. The third-order valence-corrected chi connectivity index (χ3v) is 5.81. The molecule has 1 aliphatic rings. The second-order valence-electron chi connectivity index (χ2n) is 7.61. The van der Waals surface area contributed by atoms with Gasteiger partial charge >= 0.3 is 0 Å². The van der Waals surface area contributed by atoms with Crippen molar-refractivity contribution in [2.24, 2.45) is 11.8 Å². The average molecular weight is 400 g/mol. The average Bonchev–Trinajstić information content (AvgIpc) is 2.82. The molecule has 1 aliphatic carbocycles. The molecule has 1 saturated carbocycles. The van der Waals surface area contributed by atoms with Gasteiger partial charge in [0, 0.05) is 25.9 Å². The summed E-state index contributed by atoms with van der Waals surface area (Å²) in [7, 11) is 3.36. The number of anilines is 2. The van der Waals surface area contributed by atoms with Crippen LogP contribution in [-0.4, -0.2) is 25.9 Å². The molecule has 2 aromatic carbocycles. The van der Waals surface area contributed by atoms with Crippen molar-refractivity contribution < 1.29 is 9.59 Å². The molecule has 6 nitrogen and oxygen atoms in total. The van der Waals surface area contributed by atoms with Gasteiger partial charge in [-0.15, -0.1) is 0 Å². The quantitative estimate of drug-likeness (QED) is 0.779. The van der Waals surface area contributed by atoms with Crippen molar-refractivity contribution in [1.29, 1.82) is 10.5 Å². The summed E-state index contributed by atoms with van der Waals surface area (Å²) in [5, 5.41) is 18.7.